The van der Waals surface area contributed by atoms with E-state index in [4.69, 9.17) is 4.74 Å². The van der Waals surface area contributed by atoms with Gasteiger partial charge in [-0.15, -0.1) is 5.10 Å². The molecule has 4 aromatic rings. The van der Waals surface area contributed by atoms with Gasteiger partial charge in [-0.25, -0.2) is 0 Å². The number of benzene rings is 3. The molecule has 1 amide bonds. The zero-order chi connectivity index (χ0) is 22.6. The summed E-state index contributed by atoms with van der Waals surface area (Å²) >= 11 is 0. The fourth-order valence-corrected chi connectivity index (χ4v) is 4.31. The second-order valence-electron chi connectivity index (χ2n) is 8.18. The highest BCUT2D eigenvalue weighted by molar-refractivity contribution is 5.90. The first kappa shape index (κ1) is 21.1. The number of piperazine rings is 1. The molecule has 1 aliphatic rings. The van der Waals surface area contributed by atoms with Gasteiger partial charge in [-0.1, -0.05) is 42.5 Å². The maximum Gasteiger partial charge on any atom is 0.227 e. The van der Waals surface area contributed by atoms with Gasteiger partial charge in [-0.3, -0.25) is 9.69 Å². The Morgan fingerprint density at radius 3 is 2.48 bits per heavy atom. The fourth-order valence-electron chi connectivity index (χ4n) is 4.31. The van der Waals surface area contributed by atoms with E-state index in [2.05, 4.69) is 44.7 Å². The predicted octanol–water partition coefficient (Wildman–Crippen LogP) is 2.71. The molecule has 0 atom stereocenters. The summed E-state index contributed by atoms with van der Waals surface area (Å²) in [5, 5.41) is 14.5. The summed E-state index contributed by atoms with van der Waals surface area (Å²) in [7, 11) is 1.64. The van der Waals surface area contributed by atoms with Gasteiger partial charge in [0.1, 0.15) is 5.75 Å². The zero-order valence-corrected chi connectivity index (χ0v) is 18.6. The van der Waals surface area contributed by atoms with Gasteiger partial charge < -0.3 is 9.64 Å². The van der Waals surface area contributed by atoms with Crippen molar-refractivity contribution in [2.24, 2.45) is 0 Å². The fraction of sp³-hybridized carbons (Fsp3) is 0.280. The largest absolute Gasteiger partial charge is 0.497 e. The quantitative estimate of drug-likeness (QED) is 0.457. The molecule has 8 heteroatoms. The predicted molar refractivity (Wildman–Crippen MR) is 125 cm³/mol. The van der Waals surface area contributed by atoms with Crippen LogP contribution in [0.15, 0.2) is 66.7 Å². The minimum atomic E-state index is 0.175. The summed E-state index contributed by atoms with van der Waals surface area (Å²) in [6.45, 7) is 3.61. The molecule has 1 aromatic heterocycles. The number of nitrogens with zero attached hydrogens (tertiary/aromatic N) is 6. The van der Waals surface area contributed by atoms with Crippen LogP contribution in [0.3, 0.4) is 0 Å². The Morgan fingerprint density at radius 1 is 0.939 bits per heavy atom. The molecule has 0 bridgehead atoms. The van der Waals surface area contributed by atoms with Crippen LogP contribution < -0.4 is 4.74 Å². The first-order valence-corrected chi connectivity index (χ1v) is 11.1. The van der Waals surface area contributed by atoms with Gasteiger partial charge in [0, 0.05) is 26.2 Å². The number of hydrogen-bond donors (Lipinski definition) is 0. The highest BCUT2D eigenvalue weighted by atomic mass is 16.5. The molecule has 33 heavy (non-hydrogen) atoms. The van der Waals surface area contributed by atoms with Crippen molar-refractivity contribution in [1.29, 1.82) is 0 Å². The minimum absolute atomic E-state index is 0.175. The summed E-state index contributed by atoms with van der Waals surface area (Å²) < 4.78 is 6.97. The van der Waals surface area contributed by atoms with Crippen LogP contribution in [0.25, 0.3) is 16.5 Å². The highest BCUT2D eigenvalue weighted by Crippen LogP contribution is 2.20. The van der Waals surface area contributed by atoms with Crippen molar-refractivity contribution in [1.82, 2.24) is 30.0 Å². The monoisotopic (exact) mass is 442 g/mol. The van der Waals surface area contributed by atoms with E-state index in [0.717, 1.165) is 41.3 Å². The van der Waals surface area contributed by atoms with Crippen LogP contribution in [0.4, 0.5) is 0 Å². The normalized spacial score (nSPS) is 14.5. The van der Waals surface area contributed by atoms with Crippen LogP contribution in [0.2, 0.25) is 0 Å². The third kappa shape index (κ3) is 4.56. The summed E-state index contributed by atoms with van der Waals surface area (Å²) in [4.78, 5) is 17.2. The van der Waals surface area contributed by atoms with Crippen LogP contribution in [-0.2, 0) is 17.8 Å². The van der Waals surface area contributed by atoms with Gasteiger partial charge in [0.05, 0.1) is 25.8 Å². The van der Waals surface area contributed by atoms with Crippen molar-refractivity contribution in [3.8, 4) is 11.4 Å². The average molecular weight is 443 g/mol. The van der Waals surface area contributed by atoms with Crippen molar-refractivity contribution in [3.63, 3.8) is 0 Å². The Hall–Kier alpha value is -3.78. The number of carbonyl (C=O) groups is 1. The van der Waals surface area contributed by atoms with Crippen molar-refractivity contribution >= 4 is 16.7 Å². The Bertz CT molecular complexity index is 1240. The maximum absolute atomic E-state index is 13.0. The van der Waals surface area contributed by atoms with Crippen LogP contribution in [0.1, 0.15) is 11.4 Å². The van der Waals surface area contributed by atoms with Crippen LogP contribution in [0.5, 0.6) is 5.75 Å². The lowest BCUT2D eigenvalue weighted by Crippen LogP contribution is -2.49. The van der Waals surface area contributed by atoms with E-state index in [-0.39, 0.29) is 5.91 Å². The van der Waals surface area contributed by atoms with E-state index < -0.39 is 0 Å². The Labute approximate surface area is 192 Å². The van der Waals surface area contributed by atoms with E-state index in [0.29, 0.717) is 26.1 Å². The number of rotatable bonds is 6. The molecule has 0 unspecified atom stereocenters. The molecule has 0 spiro atoms. The van der Waals surface area contributed by atoms with E-state index in [9.17, 15) is 4.79 Å². The molecule has 8 nitrogen and oxygen atoms in total. The molecular weight excluding hydrogens is 416 g/mol. The third-order valence-electron chi connectivity index (χ3n) is 6.16. The second kappa shape index (κ2) is 9.38. The average Bonchev–Trinajstić information content (AvgIpc) is 3.33. The van der Waals surface area contributed by atoms with Crippen molar-refractivity contribution in [2.45, 2.75) is 13.0 Å². The lowest BCUT2D eigenvalue weighted by molar-refractivity contribution is -0.132. The molecule has 1 aliphatic heterocycles. The van der Waals surface area contributed by atoms with Gasteiger partial charge in [0.25, 0.3) is 0 Å². The molecular formula is C25H26N6O2. The second-order valence-corrected chi connectivity index (χ2v) is 8.18. The molecule has 168 valence electrons. The van der Waals surface area contributed by atoms with Crippen LogP contribution >= 0.6 is 0 Å². The smallest absolute Gasteiger partial charge is 0.227 e. The summed E-state index contributed by atoms with van der Waals surface area (Å²) in [6, 6.07) is 22.0. The number of fused-ring (bicyclic) bond motifs is 1. The van der Waals surface area contributed by atoms with E-state index in [1.807, 2.05) is 47.4 Å². The molecule has 0 N–H and O–H groups in total. The number of hydrogen-bond acceptors (Lipinski definition) is 6. The van der Waals surface area contributed by atoms with E-state index >= 15 is 0 Å². The standard InChI is InChI=1S/C25H26N6O2/c1-33-22-11-9-21(10-12-22)31-24(26-27-28-31)18-29-13-15-30(16-14-29)25(32)17-20-7-4-6-19-5-2-3-8-23(19)20/h2-12H,13-18H2,1H3. The molecule has 5 rings (SSSR count). The van der Waals surface area contributed by atoms with Gasteiger partial charge in [0.2, 0.25) is 5.91 Å². The van der Waals surface area contributed by atoms with Crippen LogP contribution in [0, 0.1) is 0 Å². The maximum atomic E-state index is 13.0. The van der Waals surface area contributed by atoms with E-state index in [1.54, 1.807) is 11.8 Å². The van der Waals surface area contributed by atoms with Crippen LogP contribution in [-0.4, -0.2) is 69.2 Å². The molecule has 1 fully saturated rings. The molecule has 0 aliphatic carbocycles. The summed E-state index contributed by atoms with van der Waals surface area (Å²) in [5.74, 6) is 1.74. The third-order valence-corrected chi connectivity index (χ3v) is 6.16. The lowest BCUT2D eigenvalue weighted by atomic mass is 10.0. The number of carbonyl (C=O) groups excluding carboxylic acids is 1. The summed E-state index contributed by atoms with van der Waals surface area (Å²) in [5.41, 5.74) is 1.97. The SMILES string of the molecule is COc1ccc(-n2nnnc2CN2CCN(C(=O)Cc3cccc4ccccc34)CC2)cc1. The number of methoxy groups -OCH3 is 1. The molecule has 3 aromatic carbocycles. The first-order chi connectivity index (χ1) is 16.2. The minimum Gasteiger partial charge on any atom is -0.497 e. The van der Waals surface area contributed by atoms with Gasteiger partial charge in [-0.2, -0.15) is 4.68 Å². The van der Waals surface area contributed by atoms with Crippen molar-refractivity contribution in [3.05, 3.63) is 78.1 Å². The Kier molecular flexibility index (Phi) is 5.99. The highest BCUT2D eigenvalue weighted by Gasteiger charge is 2.23. The lowest BCUT2D eigenvalue weighted by Gasteiger charge is -2.34. The first-order valence-electron chi connectivity index (χ1n) is 11.1. The van der Waals surface area contributed by atoms with Crippen molar-refractivity contribution < 1.29 is 9.53 Å². The van der Waals surface area contributed by atoms with Gasteiger partial charge in [0.15, 0.2) is 5.82 Å². The molecule has 1 saturated heterocycles. The van der Waals surface area contributed by atoms with E-state index in [1.165, 1.54) is 5.39 Å². The van der Waals surface area contributed by atoms with Crippen molar-refractivity contribution in [2.75, 3.05) is 33.3 Å². The number of tetrazole rings is 1. The molecule has 0 saturated carbocycles. The molecule has 0 radical (unpaired) electrons. The Morgan fingerprint density at radius 2 is 1.70 bits per heavy atom. The Balaban J connectivity index is 1.19. The topological polar surface area (TPSA) is 76.4 Å². The summed E-state index contributed by atoms with van der Waals surface area (Å²) in [6.07, 6.45) is 0.428. The van der Waals surface area contributed by atoms with Gasteiger partial charge >= 0.3 is 0 Å². The zero-order valence-electron chi connectivity index (χ0n) is 18.6. The van der Waals surface area contributed by atoms with Gasteiger partial charge in [-0.05, 0) is 51.0 Å². The molecule has 2 heterocycles. The number of aromatic nitrogens is 4. The number of amides is 1. The number of ether oxygens (including phenoxy) is 1.